The number of rotatable bonds is 7. The molecule has 0 aliphatic rings. The third-order valence-electron chi connectivity index (χ3n) is 2.13. The molecule has 0 aliphatic carbocycles. The monoisotopic (exact) mass is 273 g/mol. The summed E-state index contributed by atoms with van der Waals surface area (Å²) in [4.78, 5) is 0. The van der Waals surface area contributed by atoms with E-state index in [0.717, 1.165) is 25.1 Å². The van der Waals surface area contributed by atoms with Gasteiger partial charge < -0.3 is 10.1 Å². The van der Waals surface area contributed by atoms with Gasteiger partial charge in [0.25, 0.3) is 0 Å². The van der Waals surface area contributed by atoms with Crippen LogP contribution < -0.4 is 10.1 Å². The molecule has 94 valence electrons. The highest BCUT2D eigenvalue weighted by molar-refractivity contribution is 6.34. The third kappa shape index (κ3) is 5.44. The van der Waals surface area contributed by atoms with Gasteiger partial charge in [0, 0.05) is 17.6 Å². The van der Waals surface area contributed by atoms with Gasteiger partial charge in [-0.1, -0.05) is 36.7 Å². The molecule has 1 aromatic carbocycles. The first-order valence-corrected chi connectivity index (χ1v) is 6.34. The van der Waals surface area contributed by atoms with Crippen LogP contribution in [0.3, 0.4) is 0 Å². The quantitative estimate of drug-likeness (QED) is 0.601. The molecule has 2 nitrogen and oxygen atoms in total. The zero-order valence-electron chi connectivity index (χ0n) is 9.93. The Labute approximate surface area is 113 Å². The van der Waals surface area contributed by atoms with Crippen LogP contribution in [0.1, 0.15) is 13.3 Å². The molecular weight excluding hydrogens is 257 g/mol. The first-order valence-electron chi connectivity index (χ1n) is 5.58. The summed E-state index contributed by atoms with van der Waals surface area (Å²) in [6.07, 6.45) is 1.11. The molecule has 0 aliphatic heterocycles. The lowest BCUT2D eigenvalue weighted by atomic mass is 10.3. The Balaban J connectivity index is 2.39. The second kappa shape index (κ2) is 7.59. The highest BCUT2D eigenvalue weighted by Crippen LogP contribution is 2.27. The maximum Gasteiger partial charge on any atom is 0.139 e. The fourth-order valence-corrected chi connectivity index (χ4v) is 1.59. The number of benzene rings is 1. The van der Waals surface area contributed by atoms with Gasteiger partial charge in [0.1, 0.15) is 12.4 Å². The molecule has 0 spiro atoms. The lowest BCUT2D eigenvalue weighted by Crippen LogP contribution is -2.20. The van der Waals surface area contributed by atoms with Crippen LogP contribution in [-0.4, -0.2) is 19.7 Å². The molecule has 1 N–H and O–H groups in total. The molecule has 0 radical (unpaired) electrons. The molecule has 0 saturated heterocycles. The van der Waals surface area contributed by atoms with Crippen LogP contribution in [0.2, 0.25) is 10.0 Å². The van der Waals surface area contributed by atoms with Gasteiger partial charge in [-0.3, -0.25) is 0 Å². The Morgan fingerprint density at radius 1 is 1.41 bits per heavy atom. The minimum Gasteiger partial charge on any atom is -0.488 e. The Bertz CT molecular complexity index is 380. The van der Waals surface area contributed by atoms with E-state index >= 15 is 0 Å². The van der Waals surface area contributed by atoms with Crippen LogP contribution in [0.15, 0.2) is 30.4 Å². The molecule has 1 rings (SSSR count). The summed E-state index contributed by atoms with van der Waals surface area (Å²) in [5, 5.41) is 4.43. The van der Waals surface area contributed by atoms with Crippen LogP contribution in [0, 0.1) is 0 Å². The molecular formula is C13H17Cl2NO. The van der Waals surface area contributed by atoms with Crippen molar-refractivity contribution in [3.05, 3.63) is 40.4 Å². The average Bonchev–Trinajstić information content (AvgIpc) is 2.31. The summed E-state index contributed by atoms with van der Waals surface area (Å²) < 4.78 is 5.55. The van der Waals surface area contributed by atoms with Crippen LogP contribution in [-0.2, 0) is 0 Å². The van der Waals surface area contributed by atoms with Gasteiger partial charge in [0.2, 0.25) is 0 Å². The first-order chi connectivity index (χ1) is 8.13. The third-order valence-corrected chi connectivity index (χ3v) is 2.67. The number of nitrogens with one attached hydrogen (secondary N) is 1. The fraction of sp³-hybridized carbons (Fsp3) is 0.385. The van der Waals surface area contributed by atoms with Crippen LogP contribution in [0.25, 0.3) is 0 Å². The summed E-state index contributed by atoms with van der Waals surface area (Å²) in [6.45, 7) is 8.23. The first kappa shape index (κ1) is 14.4. The van der Waals surface area contributed by atoms with E-state index in [9.17, 15) is 0 Å². The number of ether oxygens (including phenoxy) is 1. The summed E-state index contributed by atoms with van der Waals surface area (Å²) in [7, 11) is 0. The molecule has 0 unspecified atom stereocenters. The second-order valence-electron chi connectivity index (χ2n) is 3.79. The average molecular weight is 274 g/mol. The Morgan fingerprint density at radius 2 is 2.18 bits per heavy atom. The van der Waals surface area contributed by atoms with Crippen molar-refractivity contribution in [1.29, 1.82) is 0 Å². The van der Waals surface area contributed by atoms with Crippen molar-refractivity contribution in [3.8, 4) is 5.75 Å². The number of hydrogen-bond acceptors (Lipinski definition) is 2. The highest BCUT2D eigenvalue weighted by atomic mass is 35.5. The number of halogens is 2. The summed E-state index contributed by atoms with van der Waals surface area (Å²) in [5.74, 6) is 0.593. The van der Waals surface area contributed by atoms with Crippen molar-refractivity contribution in [1.82, 2.24) is 5.32 Å². The summed E-state index contributed by atoms with van der Waals surface area (Å²) in [6, 6.07) is 5.16. The molecule has 0 bridgehead atoms. The minimum absolute atomic E-state index is 0.441. The van der Waals surface area contributed by atoms with Gasteiger partial charge in [0.05, 0.1) is 5.02 Å². The van der Waals surface area contributed by atoms with Crippen LogP contribution in [0.5, 0.6) is 5.75 Å². The van der Waals surface area contributed by atoms with Gasteiger partial charge in [-0.25, -0.2) is 0 Å². The largest absolute Gasteiger partial charge is 0.488 e. The van der Waals surface area contributed by atoms with Crippen LogP contribution >= 0.6 is 23.2 Å². The molecule has 4 heteroatoms. The topological polar surface area (TPSA) is 21.3 Å². The minimum atomic E-state index is 0.441. The standard InChI is InChI=1S/C13H17Cl2NO/c1-3-6-16-8-10(2)9-17-13-7-11(14)4-5-12(13)15/h4-5,7,16H,2-3,6,8-9H2,1H3. The molecule has 1 aromatic rings. The Kier molecular flexibility index (Phi) is 6.41. The molecule has 0 saturated carbocycles. The maximum absolute atomic E-state index is 5.98. The SMILES string of the molecule is C=C(CNCCC)COc1cc(Cl)ccc1Cl. The summed E-state index contributed by atoms with van der Waals surface area (Å²) >= 11 is 11.8. The van der Waals surface area contributed by atoms with Crippen molar-refractivity contribution in [2.45, 2.75) is 13.3 Å². The van der Waals surface area contributed by atoms with E-state index in [1.807, 2.05) is 0 Å². The van der Waals surface area contributed by atoms with E-state index in [0.29, 0.717) is 22.4 Å². The summed E-state index contributed by atoms with van der Waals surface area (Å²) in [5.41, 5.74) is 0.981. The van der Waals surface area contributed by atoms with Crippen molar-refractivity contribution >= 4 is 23.2 Å². The molecule has 0 fully saturated rings. The van der Waals surface area contributed by atoms with Crippen molar-refractivity contribution in [2.24, 2.45) is 0 Å². The fourth-order valence-electron chi connectivity index (χ4n) is 1.26. The van der Waals surface area contributed by atoms with E-state index < -0.39 is 0 Å². The van der Waals surface area contributed by atoms with E-state index in [2.05, 4.69) is 18.8 Å². The molecule has 0 atom stereocenters. The van der Waals surface area contributed by atoms with Gasteiger partial charge in [0.15, 0.2) is 0 Å². The van der Waals surface area contributed by atoms with Gasteiger partial charge in [-0.05, 0) is 30.7 Å². The predicted octanol–water partition coefficient (Wildman–Crippen LogP) is 3.93. The van der Waals surface area contributed by atoms with E-state index in [-0.39, 0.29) is 0 Å². The maximum atomic E-state index is 5.98. The van der Waals surface area contributed by atoms with Crippen molar-refractivity contribution in [3.63, 3.8) is 0 Å². The van der Waals surface area contributed by atoms with Crippen molar-refractivity contribution in [2.75, 3.05) is 19.7 Å². The molecule has 0 amide bonds. The smallest absolute Gasteiger partial charge is 0.139 e. The van der Waals surface area contributed by atoms with Gasteiger partial charge in [-0.15, -0.1) is 0 Å². The van der Waals surface area contributed by atoms with E-state index in [1.54, 1.807) is 18.2 Å². The molecule has 17 heavy (non-hydrogen) atoms. The predicted molar refractivity (Wildman–Crippen MR) is 74.3 cm³/mol. The number of hydrogen-bond donors (Lipinski definition) is 1. The Morgan fingerprint density at radius 3 is 2.88 bits per heavy atom. The van der Waals surface area contributed by atoms with Gasteiger partial charge in [-0.2, -0.15) is 0 Å². The van der Waals surface area contributed by atoms with Crippen LogP contribution in [0.4, 0.5) is 0 Å². The molecule has 0 heterocycles. The van der Waals surface area contributed by atoms with E-state index in [4.69, 9.17) is 27.9 Å². The lowest BCUT2D eigenvalue weighted by Gasteiger charge is -2.10. The lowest BCUT2D eigenvalue weighted by molar-refractivity contribution is 0.348. The zero-order valence-corrected chi connectivity index (χ0v) is 11.4. The molecule has 0 aromatic heterocycles. The zero-order chi connectivity index (χ0) is 12.7. The second-order valence-corrected chi connectivity index (χ2v) is 4.63. The van der Waals surface area contributed by atoms with Crippen molar-refractivity contribution < 1.29 is 4.74 Å². The highest BCUT2D eigenvalue weighted by Gasteiger charge is 2.03. The Hall–Kier alpha value is -0.700. The normalized spacial score (nSPS) is 10.3. The van der Waals surface area contributed by atoms with E-state index in [1.165, 1.54) is 0 Å². The van der Waals surface area contributed by atoms with Gasteiger partial charge >= 0.3 is 0 Å².